The van der Waals surface area contributed by atoms with Crippen LogP contribution in [0.5, 0.6) is 0 Å². The molecule has 0 spiro atoms. The van der Waals surface area contributed by atoms with Gasteiger partial charge in [-0.25, -0.2) is 0 Å². The molecule has 0 aromatic heterocycles. The first-order chi connectivity index (χ1) is 7.32. The largest absolute Gasteiger partial charge is 0.383 e. The van der Waals surface area contributed by atoms with Crippen LogP contribution in [0, 0.1) is 10.1 Å². The number of carbonyl (C=O) groups is 1. The van der Waals surface area contributed by atoms with E-state index in [0.717, 1.165) is 0 Å². The molecule has 0 unspecified atom stereocenters. The molecular formula is C11H13NO4. The van der Waals surface area contributed by atoms with E-state index in [4.69, 9.17) is 0 Å². The number of para-hydroxylation sites is 1. The van der Waals surface area contributed by atoms with E-state index in [0.29, 0.717) is 5.56 Å². The van der Waals surface area contributed by atoms with Crippen LogP contribution >= 0.6 is 0 Å². The summed E-state index contributed by atoms with van der Waals surface area (Å²) in [5.41, 5.74) is -1.25. The van der Waals surface area contributed by atoms with Gasteiger partial charge in [0.05, 0.1) is 4.92 Å². The van der Waals surface area contributed by atoms with E-state index in [2.05, 4.69) is 0 Å². The molecule has 5 nitrogen and oxygen atoms in total. The smallest absolute Gasteiger partial charge is 0.273 e. The maximum absolute atomic E-state index is 11.5. The Hall–Kier alpha value is -1.75. The van der Waals surface area contributed by atoms with E-state index in [1.807, 2.05) is 0 Å². The number of hydrogen-bond acceptors (Lipinski definition) is 4. The molecule has 0 saturated carbocycles. The van der Waals surface area contributed by atoms with Crippen LogP contribution in [0.4, 0.5) is 5.69 Å². The summed E-state index contributed by atoms with van der Waals surface area (Å²) in [4.78, 5) is 21.7. The van der Waals surface area contributed by atoms with Crippen LogP contribution in [0.15, 0.2) is 24.3 Å². The second kappa shape index (κ2) is 4.40. The van der Waals surface area contributed by atoms with Gasteiger partial charge in [0.15, 0.2) is 5.78 Å². The van der Waals surface area contributed by atoms with Gasteiger partial charge in [-0.05, 0) is 13.8 Å². The molecule has 0 heterocycles. The van der Waals surface area contributed by atoms with Gasteiger partial charge in [-0.2, -0.15) is 0 Å². The molecule has 86 valence electrons. The molecule has 0 aliphatic rings. The van der Waals surface area contributed by atoms with Crippen LogP contribution in [0.2, 0.25) is 0 Å². The maximum Gasteiger partial charge on any atom is 0.273 e. The molecule has 5 heteroatoms. The van der Waals surface area contributed by atoms with Gasteiger partial charge in [-0.15, -0.1) is 0 Å². The summed E-state index contributed by atoms with van der Waals surface area (Å²) in [6.07, 6.45) is -0.138. The Morgan fingerprint density at radius 2 is 2.00 bits per heavy atom. The van der Waals surface area contributed by atoms with Gasteiger partial charge in [0.2, 0.25) is 0 Å². The highest BCUT2D eigenvalue weighted by atomic mass is 16.6. The minimum atomic E-state index is -1.47. The van der Waals surface area contributed by atoms with Gasteiger partial charge in [-0.3, -0.25) is 14.9 Å². The Morgan fingerprint density at radius 3 is 2.50 bits per heavy atom. The quantitative estimate of drug-likeness (QED) is 0.619. The zero-order valence-electron chi connectivity index (χ0n) is 9.14. The third-order valence-electron chi connectivity index (χ3n) is 2.22. The first-order valence-corrected chi connectivity index (χ1v) is 4.80. The van der Waals surface area contributed by atoms with E-state index < -0.39 is 16.3 Å². The molecule has 1 aromatic rings. The molecular weight excluding hydrogens is 210 g/mol. The fourth-order valence-electron chi connectivity index (χ4n) is 1.23. The van der Waals surface area contributed by atoms with Crippen LogP contribution in [-0.4, -0.2) is 21.4 Å². The van der Waals surface area contributed by atoms with Crippen LogP contribution in [0.3, 0.4) is 0 Å². The van der Waals surface area contributed by atoms with Gasteiger partial charge in [0, 0.05) is 18.1 Å². The highest BCUT2D eigenvalue weighted by Gasteiger charge is 2.26. The number of nitro benzene ring substituents is 1. The number of ketones is 1. The van der Waals surface area contributed by atoms with Gasteiger partial charge in [0.25, 0.3) is 5.69 Å². The summed E-state index contributed by atoms with van der Waals surface area (Å²) in [5, 5.41) is 20.1. The van der Waals surface area contributed by atoms with E-state index >= 15 is 0 Å². The van der Waals surface area contributed by atoms with Crippen molar-refractivity contribution >= 4 is 11.5 Å². The number of nitro groups is 1. The van der Waals surface area contributed by atoms with Crippen molar-refractivity contribution in [3.63, 3.8) is 0 Å². The first-order valence-electron chi connectivity index (χ1n) is 4.80. The summed E-state index contributed by atoms with van der Waals surface area (Å²) in [6.45, 7) is 2.73. The number of benzene rings is 1. The van der Waals surface area contributed by atoms with Crippen LogP contribution < -0.4 is 0 Å². The molecule has 1 aromatic carbocycles. The van der Waals surface area contributed by atoms with Crippen molar-refractivity contribution in [1.29, 1.82) is 0 Å². The Labute approximate surface area is 92.9 Å². The normalized spacial score (nSPS) is 11.2. The van der Waals surface area contributed by atoms with Crippen LogP contribution in [-0.2, 0) is 11.2 Å². The van der Waals surface area contributed by atoms with E-state index in [1.54, 1.807) is 6.07 Å². The first kappa shape index (κ1) is 12.3. The third kappa shape index (κ3) is 2.87. The molecule has 0 radical (unpaired) electrons. The highest BCUT2D eigenvalue weighted by Crippen LogP contribution is 2.20. The Balaban J connectivity index is 2.98. The molecule has 16 heavy (non-hydrogen) atoms. The summed E-state index contributed by atoms with van der Waals surface area (Å²) in [5.74, 6) is -0.443. The maximum atomic E-state index is 11.5. The average Bonchev–Trinajstić information content (AvgIpc) is 2.16. The van der Waals surface area contributed by atoms with Gasteiger partial charge in [-0.1, -0.05) is 18.2 Å². The van der Waals surface area contributed by atoms with Crippen molar-refractivity contribution in [3.8, 4) is 0 Å². The number of hydrogen-bond donors (Lipinski definition) is 1. The molecule has 0 bridgehead atoms. The fraction of sp³-hybridized carbons (Fsp3) is 0.364. The molecule has 0 aliphatic carbocycles. The standard InChI is InChI=1S/C11H13NO4/c1-11(2,14)10(13)7-8-5-3-4-6-9(8)12(15)16/h3-6,14H,7H2,1-2H3. The SMILES string of the molecule is CC(C)(O)C(=O)Cc1ccccc1[N+](=O)[O-]. The lowest BCUT2D eigenvalue weighted by Gasteiger charge is -2.15. The number of rotatable bonds is 4. The summed E-state index contributed by atoms with van der Waals surface area (Å²) in [6, 6.07) is 6.02. The summed E-state index contributed by atoms with van der Waals surface area (Å²) in [7, 11) is 0. The van der Waals surface area contributed by atoms with E-state index in [1.165, 1.54) is 32.0 Å². The lowest BCUT2D eigenvalue weighted by molar-refractivity contribution is -0.385. The number of aliphatic hydroxyl groups is 1. The lowest BCUT2D eigenvalue weighted by atomic mass is 9.96. The van der Waals surface area contributed by atoms with Crippen molar-refractivity contribution in [3.05, 3.63) is 39.9 Å². The Kier molecular flexibility index (Phi) is 3.39. The molecule has 0 atom stereocenters. The molecule has 0 fully saturated rings. The zero-order chi connectivity index (χ0) is 12.3. The number of Topliss-reactive ketones (excluding diaryl/α,β-unsaturated/α-hetero) is 1. The number of nitrogens with zero attached hydrogens (tertiary/aromatic N) is 1. The van der Waals surface area contributed by atoms with Crippen molar-refractivity contribution in [1.82, 2.24) is 0 Å². The van der Waals surface area contributed by atoms with E-state index in [9.17, 15) is 20.0 Å². The minimum Gasteiger partial charge on any atom is -0.383 e. The molecule has 0 amide bonds. The topological polar surface area (TPSA) is 80.4 Å². The summed E-state index contributed by atoms with van der Waals surface area (Å²) >= 11 is 0. The van der Waals surface area contributed by atoms with Crippen molar-refractivity contribution in [2.75, 3.05) is 0 Å². The third-order valence-corrected chi connectivity index (χ3v) is 2.22. The average molecular weight is 223 g/mol. The monoisotopic (exact) mass is 223 g/mol. The van der Waals surface area contributed by atoms with Gasteiger partial charge < -0.3 is 5.11 Å². The molecule has 1 N–H and O–H groups in total. The van der Waals surface area contributed by atoms with Gasteiger partial charge in [0.1, 0.15) is 5.60 Å². The van der Waals surface area contributed by atoms with Gasteiger partial charge >= 0.3 is 0 Å². The molecule has 1 rings (SSSR count). The fourth-order valence-corrected chi connectivity index (χ4v) is 1.23. The van der Waals surface area contributed by atoms with Crippen LogP contribution in [0.1, 0.15) is 19.4 Å². The molecule has 0 aliphatic heterocycles. The second-order valence-corrected chi connectivity index (χ2v) is 4.04. The highest BCUT2D eigenvalue weighted by molar-refractivity contribution is 5.88. The predicted molar refractivity (Wildman–Crippen MR) is 58.1 cm³/mol. The van der Waals surface area contributed by atoms with Crippen molar-refractivity contribution in [2.45, 2.75) is 25.9 Å². The lowest BCUT2D eigenvalue weighted by Crippen LogP contribution is -2.32. The predicted octanol–water partition coefficient (Wildman–Crippen LogP) is 1.48. The summed E-state index contributed by atoms with van der Waals surface area (Å²) < 4.78 is 0. The Morgan fingerprint density at radius 1 is 1.44 bits per heavy atom. The van der Waals surface area contributed by atoms with Crippen LogP contribution in [0.25, 0.3) is 0 Å². The Bertz CT molecular complexity index is 420. The zero-order valence-corrected chi connectivity index (χ0v) is 9.14. The molecule has 0 saturated heterocycles. The van der Waals surface area contributed by atoms with Crippen molar-refractivity contribution in [2.24, 2.45) is 0 Å². The van der Waals surface area contributed by atoms with E-state index in [-0.39, 0.29) is 12.1 Å². The number of carbonyl (C=O) groups excluding carboxylic acids is 1. The van der Waals surface area contributed by atoms with Crippen molar-refractivity contribution < 1.29 is 14.8 Å². The second-order valence-electron chi connectivity index (χ2n) is 4.04. The minimum absolute atomic E-state index is 0.0971.